The lowest BCUT2D eigenvalue weighted by atomic mass is 10.2. The van der Waals surface area contributed by atoms with E-state index < -0.39 is 0 Å². The van der Waals surface area contributed by atoms with Crippen LogP contribution in [-0.4, -0.2) is 16.7 Å². The fourth-order valence-electron chi connectivity index (χ4n) is 1.81. The number of aromatic nitrogens is 2. The van der Waals surface area contributed by atoms with Gasteiger partial charge < -0.3 is 14.6 Å². The van der Waals surface area contributed by atoms with Crippen LogP contribution < -0.4 is 10.1 Å². The second-order valence-corrected chi connectivity index (χ2v) is 5.72. The first kappa shape index (κ1) is 15.8. The molecular weight excluding hydrogens is 290 g/mol. The van der Waals surface area contributed by atoms with E-state index in [9.17, 15) is 0 Å². The molecule has 0 saturated heterocycles. The smallest absolute Gasteiger partial charge is 0.264 e. The third-order valence-corrected chi connectivity index (χ3v) is 3.09. The largest absolute Gasteiger partial charge is 0.482 e. The molecule has 6 heteroatoms. The predicted molar refractivity (Wildman–Crippen MR) is 81.4 cm³/mol. The summed E-state index contributed by atoms with van der Waals surface area (Å²) in [6, 6.07) is 5.76. The van der Waals surface area contributed by atoms with E-state index in [0.29, 0.717) is 28.4 Å². The van der Waals surface area contributed by atoms with Gasteiger partial charge in [0.1, 0.15) is 5.75 Å². The Morgan fingerprint density at radius 1 is 1.38 bits per heavy atom. The number of nitrogens with zero attached hydrogens (tertiary/aromatic N) is 2. The van der Waals surface area contributed by atoms with E-state index in [1.54, 1.807) is 6.92 Å². The number of halogens is 1. The Morgan fingerprint density at radius 3 is 2.81 bits per heavy atom. The Balaban J connectivity index is 1.89. The minimum absolute atomic E-state index is 0.214. The highest BCUT2D eigenvalue weighted by atomic mass is 35.5. The topological polar surface area (TPSA) is 60.2 Å². The maximum absolute atomic E-state index is 6.22. The highest BCUT2D eigenvalue weighted by Gasteiger charge is 2.07. The molecule has 5 nitrogen and oxygen atoms in total. The van der Waals surface area contributed by atoms with Gasteiger partial charge in [0.15, 0.2) is 12.4 Å². The Labute approximate surface area is 129 Å². The normalized spacial score (nSPS) is 11.1. The molecule has 2 rings (SSSR count). The zero-order valence-corrected chi connectivity index (χ0v) is 13.3. The van der Waals surface area contributed by atoms with E-state index in [4.69, 9.17) is 20.9 Å². The van der Waals surface area contributed by atoms with E-state index in [2.05, 4.69) is 29.3 Å². The Kier molecular flexibility index (Phi) is 5.59. The van der Waals surface area contributed by atoms with Crippen molar-refractivity contribution in [2.75, 3.05) is 6.54 Å². The van der Waals surface area contributed by atoms with Crippen LogP contribution in [-0.2, 0) is 13.2 Å². The fourth-order valence-corrected chi connectivity index (χ4v) is 2.07. The van der Waals surface area contributed by atoms with Crippen LogP contribution in [0.3, 0.4) is 0 Å². The van der Waals surface area contributed by atoms with Crippen molar-refractivity contribution in [1.29, 1.82) is 0 Å². The zero-order valence-electron chi connectivity index (χ0n) is 12.5. The van der Waals surface area contributed by atoms with Crippen molar-refractivity contribution < 1.29 is 9.26 Å². The molecule has 0 spiro atoms. The standard InChI is InChI=1S/C15H20ClN3O2/c1-10(2)7-17-8-12-4-5-14(13(16)6-12)20-9-15-18-11(3)19-21-15/h4-6,10,17H,7-9H2,1-3H3. The third-order valence-electron chi connectivity index (χ3n) is 2.80. The van der Waals surface area contributed by atoms with Crippen LogP contribution >= 0.6 is 11.6 Å². The monoisotopic (exact) mass is 309 g/mol. The maximum atomic E-state index is 6.22. The molecule has 21 heavy (non-hydrogen) atoms. The number of aryl methyl sites for hydroxylation is 1. The zero-order chi connectivity index (χ0) is 15.2. The van der Waals surface area contributed by atoms with E-state index >= 15 is 0 Å². The van der Waals surface area contributed by atoms with Gasteiger partial charge in [0.2, 0.25) is 0 Å². The van der Waals surface area contributed by atoms with Crippen molar-refractivity contribution >= 4 is 11.6 Å². The molecule has 0 aliphatic rings. The van der Waals surface area contributed by atoms with E-state index in [1.807, 2.05) is 18.2 Å². The Morgan fingerprint density at radius 2 is 2.19 bits per heavy atom. The van der Waals surface area contributed by atoms with Gasteiger partial charge in [-0.1, -0.05) is 36.7 Å². The van der Waals surface area contributed by atoms with E-state index in [1.165, 1.54) is 0 Å². The number of nitrogens with one attached hydrogen (secondary N) is 1. The molecule has 0 atom stereocenters. The van der Waals surface area contributed by atoms with Crippen LogP contribution in [0.2, 0.25) is 5.02 Å². The summed E-state index contributed by atoms with van der Waals surface area (Å²) in [5.74, 6) is 2.26. The molecule has 1 N–H and O–H groups in total. The molecule has 0 saturated carbocycles. The van der Waals surface area contributed by atoms with Gasteiger partial charge in [-0.25, -0.2) is 0 Å². The molecule has 0 amide bonds. The van der Waals surface area contributed by atoms with Gasteiger partial charge in [-0.2, -0.15) is 4.98 Å². The molecule has 114 valence electrons. The van der Waals surface area contributed by atoms with Crippen molar-refractivity contribution in [3.63, 3.8) is 0 Å². The summed E-state index contributed by atoms with van der Waals surface area (Å²) in [4.78, 5) is 4.07. The lowest BCUT2D eigenvalue weighted by Crippen LogP contribution is -2.18. The second kappa shape index (κ2) is 7.43. The van der Waals surface area contributed by atoms with Gasteiger partial charge in [0.05, 0.1) is 5.02 Å². The van der Waals surface area contributed by atoms with Gasteiger partial charge in [-0.05, 0) is 37.1 Å². The average Bonchev–Trinajstić information content (AvgIpc) is 2.83. The third kappa shape index (κ3) is 5.02. The first-order chi connectivity index (χ1) is 10.0. The van der Waals surface area contributed by atoms with Crippen molar-refractivity contribution in [1.82, 2.24) is 15.5 Å². The molecule has 0 aliphatic heterocycles. The van der Waals surface area contributed by atoms with E-state index in [-0.39, 0.29) is 6.61 Å². The van der Waals surface area contributed by atoms with Crippen molar-refractivity contribution in [2.45, 2.75) is 33.9 Å². The molecule has 0 fully saturated rings. The van der Waals surface area contributed by atoms with Crippen molar-refractivity contribution in [3.05, 3.63) is 40.5 Å². The lowest BCUT2D eigenvalue weighted by molar-refractivity contribution is 0.242. The van der Waals surface area contributed by atoms with Crippen LogP contribution in [0.4, 0.5) is 0 Å². The van der Waals surface area contributed by atoms with Crippen LogP contribution in [0, 0.1) is 12.8 Å². The summed E-state index contributed by atoms with van der Waals surface area (Å²) >= 11 is 6.22. The fraction of sp³-hybridized carbons (Fsp3) is 0.467. The highest BCUT2D eigenvalue weighted by Crippen LogP contribution is 2.26. The number of rotatable bonds is 7. The lowest BCUT2D eigenvalue weighted by Gasteiger charge is -2.10. The van der Waals surface area contributed by atoms with Crippen molar-refractivity contribution in [2.24, 2.45) is 5.92 Å². The minimum Gasteiger partial charge on any atom is -0.482 e. The molecule has 1 aromatic carbocycles. The number of ether oxygens (including phenoxy) is 1. The van der Waals surface area contributed by atoms with Gasteiger partial charge in [-0.15, -0.1) is 0 Å². The summed E-state index contributed by atoms with van der Waals surface area (Å²) < 4.78 is 10.6. The predicted octanol–water partition coefficient (Wildman–Crippen LogP) is 3.36. The van der Waals surface area contributed by atoms with Crippen LogP contribution in [0.5, 0.6) is 5.75 Å². The summed E-state index contributed by atoms with van der Waals surface area (Å²) in [6.45, 7) is 8.10. The molecule has 0 aliphatic carbocycles. The molecule has 1 heterocycles. The van der Waals surface area contributed by atoms with Crippen molar-refractivity contribution in [3.8, 4) is 5.75 Å². The maximum Gasteiger partial charge on any atom is 0.264 e. The summed E-state index contributed by atoms with van der Waals surface area (Å²) in [5.41, 5.74) is 1.13. The quantitative estimate of drug-likeness (QED) is 0.850. The SMILES string of the molecule is Cc1noc(COc2ccc(CNCC(C)C)cc2Cl)n1. The molecule has 1 aromatic heterocycles. The van der Waals surface area contributed by atoms with E-state index in [0.717, 1.165) is 18.7 Å². The van der Waals surface area contributed by atoms with Crippen LogP contribution in [0.15, 0.2) is 22.7 Å². The van der Waals surface area contributed by atoms with Gasteiger partial charge in [0.25, 0.3) is 5.89 Å². The summed E-state index contributed by atoms with van der Waals surface area (Å²) in [5, 5.41) is 7.66. The summed E-state index contributed by atoms with van der Waals surface area (Å²) in [7, 11) is 0. The number of hydrogen-bond donors (Lipinski definition) is 1. The second-order valence-electron chi connectivity index (χ2n) is 5.31. The average molecular weight is 310 g/mol. The first-order valence-corrected chi connectivity index (χ1v) is 7.33. The number of hydrogen-bond acceptors (Lipinski definition) is 5. The molecule has 0 radical (unpaired) electrons. The van der Waals surface area contributed by atoms with Gasteiger partial charge >= 0.3 is 0 Å². The summed E-state index contributed by atoms with van der Waals surface area (Å²) in [6.07, 6.45) is 0. The molecule has 0 bridgehead atoms. The minimum atomic E-state index is 0.214. The van der Waals surface area contributed by atoms with Crippen LogP contribution in [0.1, 0.15) is 31.1 Å². The molecule has 0 unspecified atom stereocenters. The van der Waals surface area contributed by atoms with Crippen LogP contribution in [0.25, 0.3) is 0 Å². The highest BCUT2D eigenvalue weighted by molar-refractivity contribution is 6.32. The Hall–Kier alpha value is -1.59. The first-order valence-electron chi connectivity index (χ1n) is 6.95. The van der Waals surface area contributed by atoms with Gasteiger partial charge in [-0.3, -0.25) is 0 Å². The Bertz CT molecular complexity index is 584. The number of benzene rings is 1. The van der Waals surface area contributed by atoms with Gasteiger partial charge in [0, 0.05) is 6.54 Å². The molecule has 2 aromatic rings. The molecular formula is C15H20ClN3O2.